The molecule has 0 aliphatic carbocycles. The number of aromatic nitrogens is 1. The van der Waals surface area contributed by atoms with E-state index >= 15 is 0 Å². The number of carbonyl (C=O) groups is 1. The van der Waals surface area contributed by atoms with Crippen LogP contribution in [-0.4, -0.2) is 48.3 Å². The normalized spacial score (nSPS) is 19.6. The lowest BCUT2D eigenvalue weighted by Crippen LogP contribution is -2.44. The van der Waals surface area contributed by atoms with Gasteiger partial charge in [-0.3, -0.25) is 9.78 Å². The van der Waals surface area contributed by atoms with Gasteiger partial charge in [-0.05, 0) is 49.1 Å². The Labute approximate surface area is 159 Å². The molecule has 0 N–H and O–H groups in total. The van der Waals surface area contributed by atoms with Crippen LogP contribution in [0.15, 0.2) is 48.8 Å². The summed E-state index contributed by atoms with van der Waals surface area (Å²) in [6.07, 6.45) is 4.26. The van der Waals surface area contributed by atoms with E-state index in [1.807, 2.05) is 19.1 Å². The average Bonchev–Trinajstić information content (AvgIpc) is 3.01. The van der Waals surface area contributed by atoms with Gasteiger partial charge in [0, 0.05) is 25.0 Å². The number of halogens is 1. The van der Waals surface area contributed by atoms with Gasteiger partial charge in [-0.2, -0.15) is 0 Å². The van der Waals surface area contributed by atoms with Gasteiger partial charge in [-0.1, -0.05) is 18.2 Å². The Bertz CT molecular complexity index is 885. The molecule has 27 heavy (non-hydrogen) atoms. The molecule has 1 aromatic carbocycles. The predicted molar refractivity (Wildman–Crippen MR) is 102 cm³/mol. The van der Waals surface area contributed by atoms with Crippen molar-refractivity contribution in [3.63, 3.8) is 0 Å². The van der Waals surface area contributed by atoms with E-state index in [0.29, 0.717) is 24.9 Å². The maximum absolute atomic E-state index is 13.4. The predicted octanol–water partition coefficient (Wildman–Crippen LogP) is 2.58. The van der Waals surface area contributed by atoms with Crippen LogP contribution in [0.2, 0.25) is 0 Å². The van der Waals surface area contributed by atoms with Crippen molar-refractivity contribution >= 4 is 15.7 Å². The van der Waals surface area contributed by atoms with E-state index in [0.717, 1.165) is 5.56 Å². The standard InChI is InChI=1S/C20H23FN2O3S/c1-2-23(18-9-11-27(25,26)14-18)20(24)19(12-15-4-3-10-22-13-15)16-5-7-17(21)8-6-16/h3-8,10,13,18-19H,2,9,11-12,14H2,1H3. The third-order valence-electron chi connectivity index (χ3n) is 5.01. The molecule has 1 saturated heterocycles. The molecule has 0 radical (unpaired) electrons. The number of pyridine rings is 1. The number of amides is 1. The van der Waals surface area contributed by atoms with Gasteiger partial charge in [-0.25, -0.2) is 12.8 Å². The van der Waals surface area contributed by atoms with Crippen molar-refractivity contribution in [2.45, 2.75) is 31.7 Å². The van der Waals surface area contributed by atoms with E-state index in [9.17, 15) is 17.6 Å². The monoisotopic (exact) mass is 390 g/mol. The Morgan fingerprint density at radius 3 is 2.59 bits per heavy atom. The second-order valence-corrected chi connectivity index (χ2v) is 9.08. The highest BCUT2D eigenvalue weighted by Gasteiger charge is 2.36. The number of benzene rings is 1. The third-order valence-corrected chi connectivity index (χ3v) is 6.76. The average molecular weight is 390 g/mol. The van der Waals surface area contributed by atoms with Crippen molar-refractivity contribution < 1.29 is 17.6 Å². The number of carbonyl (C=O) groups excluding carboxylic acids is 1. The summed E-state index contributed by atoms with van der Waals surface area (Å²) in [4.78, 5) is 19.1. The molecule has 2 unspecified atom stereocenters. The van der Waals surface area contributed by atoms with Gasteiger partial charge in [0.2, 0.25) is 5.91 Å². The van der Waals surface area contributed by atoms with Gasteiger partial charge < -0.3 is 4.90 Å². The first-order valence-corrected chi connectivity index (χ1v) is 10.9. The lowest BCUT2D eigenvalue weighted by Gasteiger charge is -2.31. The Morgan fingerprint density at radius 2 is 2.04 bits per heavy atom. The third kappa shape index (κ3) is 4.71. The van der Waals surface area contributed by atoms with Crippen LogP contribution in [0.5, 0.6) is 0 Å². The molecule has 1 aliphatic heterocycles. The zero-order valence-corrected chi connectivity index (χ0v) is 16.0. The van der Waals surface area contributed by atoms with Crippen LogP contribution >= 0.6 is 0 Å². The molecule has 0 spiro atoms. The highest BCUT2D eigenvalue weighted by molar-refractivity contribution is 7.91. The molecular weight excluding hydrogens is 367 g/mol. The highest BCUT2D eigenvalue weighted by atomic mass is 32.2. The molecular formula is C20H23FN2O3S. The topological polar surface area (TPSA) is 67.3 Å². The quantitative estimate of drug-likeness (QED) is 0.760. The van der Waals surface area contributed by atoms with Crippen LogP contribution in [-0.2, 0) is 21.1 Å². The van der Waals surface area contributed by atoms with Crippen LogP contribution in [0.3, 0.4) is 0 Å². The minimum Gasteiger partial charge on any atom is -0.338 e. The molecule has 7 heteroatoms. The summed E-state index contributed by atoms with van der Waals surface area (Å²) in [5.74, 6) is -0.880. The Balaban J connectivity index is 1.90. The van der Waals surface area contributed by atoms with Crippen LogP contribution in [0.4, 0.5) is 4.39 Å². The lowest BCUT2D eigenvalue weighted by molar-refractivity contribution is -0.134. The van der Waals surface area contributed by atoms with Gasteiger partial charge in [-0.15, -0.1) is 0 Å². The summed E-state index contributed by atoms with van der Waals surface area (Å²) in [5, 5.41) is 0. The van der Waals surface area contributed by atoms with E-state index in [1.165, 1.54) is 12.1 Å². The summed E-state index contributed by atoms with van der Waals surface area (Å²) < 4.78 is 37.1. The molecule has 1 aromatic heterocycles. The van der Waals surface area contributed by atoms with Gasteiger partial charge in [0.1, 0.15) is 5.82 Å². The van der Waals surface area contributed by atoms with Crippen molar-refractivity contribution in [2.75, 3.05) is 18.1 Å². The Hall–Kier alpha value is -2.28. The Kier molecular flexibility index (Phi) is 5.89. The Morgan fingerprint density at radius 1 is 1.30 bits per heavy atom. The SMILES string of the molecule is CCN(C(=O)C(Cc1cccnc1)c1ccc(F)cc1)C1CCS(=O)(=O)C1. The second-order valence-electron chi connectivity index (χ2n) is 6.85. The number of likely N-dealkylation sites (N-methyl/N-ethyl adjacent to an activating group) is 1. The maximum Gasteiger partial charge on any atom is 0.230 e. The molecule has 0 saturated carbocycles. The smallest absolute Gasteiger partial charge is 0.230 e. The van der Waals surface area contributed by atoms with Gasteiger partial charge in [0.05, 0.1) is 17.4 Å². The molecule has 2 atom stereocenters. The van der Waals surface area contributed by atoms with Gasteiger partial charge in [0.25, 0.3) is 0 Å². The molecule has 144 valence electrons. The maximum atomic E-state index is 13.4. The minimum atomic E-state index is -3.09. The molecule has 1 fully saturated rings. The summed E-state index contributed by atoms with van der Waals surface area (Å²) in [7, 11) is -3.09. The van der Waals surface area contributed by atoms with E-state index in [-0.39, 0.29) is 29.3 Å². The number of nitrogens with zero attached hydrogens (tertiary/aromatic N) is 2. The van der Waals surface area contributed by atoms with Crippen molar-refractivity contribution in [1.29, 1.82) is 0 Å². The zero-order valence-electron chi connectivity index (χ0n) is 15.2. The van der Waals surface area contributed by atoms with E-state index in [1.54, 1.807) is 29.4 Å². The van der Waals surface area contributed by atoms with Crippen molar-refractivity contribution in [1.82, 2.24) is 9.88 Å². The summed E-state index contributed by atoms with van der Waals surface area (Å²) >= 11 is 0. The fourth-order valence-electron chi connectivity index (χ4n) is 3.61. The zero-order chi connectivity index (χ0) is 19.4. The largest absolute Gasteiger partial charge is 0.338 e. The van der Waals surface area contributed by atoms with E-state index in [4.69, 9.17) is 0 Å². The fraction of sp³-hybridized carbons (Fsp3) is 0.400. The van der Waals surface area contributed by atoms with Crippen molar-refractivity contribution in [2.24, 2.45) is 0 Å². The lowest BCUT2D eigenvalue weighted by atomic mass is 9.90. The molecule has 5 nitrogen and oxygen atoms in total. The molecule has 1 aliphatic rings. The highest BCUT2D eigenvalue weighted by Crippen LogP contribution is 2.27. The summed E-state index contributed by atoms with van der Waals surface area (Å²) in [6.45, 7) is 2.29. The number of rotatable bonds is 6. The molecule has 2 aromatic rings. The second kappa shape index (κ2) is 8.17. The molecule has 0 bridgehead atoms. The van der Waals surface area contributed by atoms with E-state index in [2.05, 4.69) is 4.98 Å². The minimum absolute atomic E-state index is 0.00953. The molecule has 3 rings (SSSR count). The first-order valence-electron chi connectivity index (χ1n) is 9.05. The van der Waals surface area contributed by atoms with Crippen LogP contribution in [0.1, 0.15) is 30.4 Å². The number of sulfone groups is 1. The molecule has 1 amide bonds. The van der Waals surface area contributed by atoms with Crippen LogP contribution in [0, 0.1) is 5.82 Å². The van der Waals surface area contributed by atoms with Crippen molar-refractivity contribution in [3.8, 4) is 0 Å². The molecule has 2 heterocycles. The van der Waals surface area contributed by atoms with E-state index < -0.39 is 15.8 Å². The van der Waals surface area contributed by atoms with Crippen molar-refractivity contribution in [3.05, 3.63) is 65.7 Å². The number of hydrogen-bond donors (Lipinski definition) is 0. The fourth-order valence-corrected chi connectivity index (χ4v) is 5.34. The summed E-state index contributed by atoms with van der Waals surface area (Å²) in [6, 6.07) is 9.32. The van der Waals surface area contributed by atoms with Gasteiger partial charge in [0.15, 0.2) is 9.84 Å². The number of hydrogen-bond acceptors (Lipinski definition) is 4. The first-order chi connectivity index (χ1) is 12.9. The summed E-state index contributed by atoms with van der Waals surface area (Å²) in [5.41, 5.74) is 1.61. The van der Waals surface area contributed by atoms with Crippen LogP contribution in [0.25, 0.3) is 0 Å². The van der Waals surface area contributed by atoms with Gasteiger partial charge >= 0.3 is 0 Å². The first kappa shape index (κ1) is 19.5. The van der Waals surface area contributed by atoms with Crippen LogP contribution < -0.4 is 0 Å².